The van der Waals surface area contributed by atoms with E-state index in [1.54, 1.807) is 0 Å². The van der Waals surface area contributed by atoms with Crippen LogP contribution in [-0.2, 0) is 14.3 Å². The first-order valence-electron chi connectivity index (χ1n) is 17.2. The Morgan fingerprint density at radius 2 is 1.62 bits per heavy atom. The Balaban J connectivity index is 1.37. The van der Waals surface area contributed by atoms with E-state index in [4.69, 9.17) is 9.47 Å². The highest BCUT2D eigenvalue weighted by atomic mass is 16.7. The monoisotopic (exact) mass is 632 g/mol. The number of carbonyl (C=O) groups is 1. The van der Waals surface area contributed by atoms with E-state index in [2.05, 4.69) is 47.6 Å². The maximum absolute atomic E-state index is 14.4. The third-order valence-corrected chi connectivity index (χ3v) is 15.1. The molecule has 5 aliphatic carbocycles. The average Bonchev–Trinajstić information content (AvgIpc) is 3.01. The van der Waals surface area contributed by atoms with E-state index in [-0.39, 0.29) is 34.7 Å². The standard InChI is InChI=1S/C36H56O9/c1-19-9-14-36(31(43)45-30-29(42)28(41)27(40)22(17-37)44-30)16-15-34(5)21(26(36)20(19)2)7-8-24-32(3)12-11-25(39)33(4,18-38)23(32)10-13-35(24,34)6/h7,22-30,37-42H,8-18H2,1-6H3. The van der Waals surface area contributed by atoms with Gasteiger partial charge in [-0.05, 0) is 99.7 Å². The van der Waals surface area contributed by atoms with Crippen LogP contribution < -0.4 is 0 Å². The average molecular weight is 633 g/mol. The second-order valence-corrected chi connectivity index (χ2v) is 16.7. The molecule has 4 fully saturated rings. The Hall–Kier alpha value is -1.33. The number of hydrogen-bond acceptors (Lipinski definition) is 9. The minimum Gasteiger partial charge on any atom is -0.432 e. The predicted octanol–water partition coefficient (Wildman–Crippen LogP) is 3.38. The Kier molecular flexibility index (Phi) is 8.29. The third-order valence-electron chi connectivity index (χ3n) is 15.1. The van der Waals surface area contributed by atoms with E-state index in [9.17, 15) is 35.4 Å². The van der Waals surface area contributed by atoms with Crippen molar-refractivity contribution in [3.8, 4) is 0 Å². The van der Waals surface area contributed by atoms with E-state index in [0.29, 0.717) is 25.2 Å². The summed E-state index contributed by atoms with van der Waals surface area (Å²) in [5.74, 6) is -0.0281. The Bertz CT molecular complexity index is 1260. The summed E-state index contributed by atoms with van der Waals surface area (Å²) in [7, 11) is 0. The van der Waals surface area contributed by atoms with Gasteiger partial charge in [-0.2, -0.15) is 0 Å². The lowest BCUT2D eigenvalue weighted by atomic mass is 9.33. The Labute approximate surface area is 267 Å². The van der Waals surface area contributed by atoms with Crippen LogP contribution in [0.2, 0.25) is 0 Å². The van der Waals surface area contributed by atoms with Crippen LogP contribution in [0.1, 0.15) is 99.3 Å². The number of fused-ring (bicyclic) bond motifs is 7. The van der Waals surface area contributed by atoms with E-state index >= 15 is 0 Å². The molecule has 0 spiro atoms. The maximum atomic E-state index is 14.4. The largest absolute Gasteiger partial charge is 0.432 e. The van der Waals surface area contributed by atoms with Gasteiger partial charge in [0.15, 0.2) is 0 Å². The van der Waals surface area contributed by atoms with Gasteiger partial charge in [0, 0.05) is 11.3 Å². The van der Waals surface area contributed by atoms with E-state index in [1.807, 2.05) is 0 Å². The number of aliphatic hydroxyl groups is 6. The molecular weight excluding hydrogens is 576 g/mol. The number of rotatable bonds is 4. The number of esters is 1. The van der Waals surface area contributed by atoms with E-state index in [0.717, 1.165) is 38.5 Å². The van der Waals surface area contributed by atoms with Gasteiger partial charge in [-0.25, -0.2) is 0 Å². The fourth-order valence-electron chi connectivity index (χ4n) is 11.8. The van der Waals surface area contributed by atoms with E-state index < -0.39 is 60.2 Å². The van der Waals surface area contributed by atoms with Crippen LogP contribution in [-0.4, -0.2) is 86.6 Å². The normalized spacial score (nSPS) is 53.0. The van der Waals surface area contributed by atoms with Crippen LogP contribution >= 0.6 is 0 Å². The maximum Gasteiger partial charge on any atom is 0.315 e. The molecule has 254 valence electrons. The van der Waals surface area contributed by atoms with Crippen LogP contribution in [0.25, 0.3) is 0 Å². The first-order chi connectivity index (χ1) is 21.1. The summed E-state index contributed by atoms with van der Waals surface area (Å²) in [5, 5.41) is 62.6. The molecule has 0 aromatic rings. The number of carbonyl (C=O) groups excluding carboxylic acids is 1. The molecule has 1 saturated heterocycles. The van der Waals surface area contributed by atoms with Gasteiger partial charge in [-0.15, -0.1) is 0 Å². The quantitative estimate of drug-likeness (QED) is 0.202. The predicted molar refractivity (Wildman–Crippen MR) is 166 cm³/mol. The van der Waals surface area contributed by atoms with Gasteiger partial charge >= 0.3 is 5.97 Å². The number of hydrogen-bond donors (Lipinski definition) is 6. The van der Waals surface area contributed by atoms with Crippen molar-refractivity contribution >= 4 is 5.97 Å². The van der Waals surface area contributed by atoms with Gasteiger partial charge < -0.3 is 40.1 Å². The smallest absolute Gasteiger partial charge is 0.315 e. The molecule has 0 amide bonds. The summed E-state index contributed by atoms with van der Waals surface area (Å²) in [5.41, 5.74) is 2.16. The van der Waals surface area contributed by atoms with E-state index in [1.165, 1.54) is 16.7 Å². The minimum absolute atomic E-state index is 0.0133. The highest BCUT2D eigenvalue weighted by Gasteiger charge is 2.69. The zero-order valence-corrected chi connectivity index (χ0v) is 28.0. The van der Waals surface area contributed by atoms with Crippen molar-refractivity contribution in [3.05, 3.63) is 22.8 Å². The topological polar surface area (TPSA) is 157 Å². The van der Waals surface area contributed by atoms with Gasteiger partial charge in [0.2, 0.25) is 6.29 Å². The van der Waals surface area contributed by atoms with Crippen LogP contribution in [0.5, 0.6) is 0 Å². The van der Waals surface area contributed by atoms with Gasteiger partial charge in [-0.3, -0.25) is 4.79 Å². The van der Waals surface area contributed by atoms with Crippen molar-refractivity contribution in [2.45, 2.75) is 136 Å². The Morgan fingerprint density at radius 3 is 2.29 bits per heavy atom. The van der Waals surface area contributed by atoms with Gasteiger partial charge in [0.05, 0.1) is 24.7 Å². The summed E-state index contributed by atoms with van der Waals surface area (Å²) in [6, 6.07) is 0. The molecule has 6 rings (SSSR count). The molecule has 1 aliphatic heterocycles. The summed E-state index contributed by atoms with van der Waals surface area (Å²) < 4.78 is 11.5. The van der Waals surface area contributed by atoms with Crippen molar-refractivity contribution < 1.29 is 44.9 Å². The molecular formula is C36H56O9. The molecule has 0 radical (unpaired) electrons. The van der Waals surface area contributed by atoms with Crippen molar-refractivity contribution in [2.75, 3.05) is 13.2 Å². The summed E-state index contributed by atoms with van der Waals surface area (Å²) >= 11 is 0. The van der Waals surface area contributed by atoms with Crippen molar-refractivity contribution in [1.82, 2.24) is 0 Å². The second-order valence-electron chi connectivity index (χ2n) is 16.7. The van der Waals surface area contributed by atoms with Crippen molar-refractivity contribution in [1.29, 1.82) is 0 Å². The van der Waals surface area contributed by atoms with Crippen molar-refractivity contribution in [3.63, 3.8) is 0 Å². The third kappa shape index (κ3) is 4.40. The molecule has 3 saturated carbocycles. The zero-order chi connectivity index (χ0) is 32.9. The molecule has 9 heteroatoms. The SMILES string of the molecule is CC1=C(C)C2C3=CCC4C5(C)CCC(O)C(C)(CO)C5CCC4(C)C3(C)CCC2(C(=O)OC2OC(CO)C(O)C(O)C2O)CC1. The van der Waals surface area contributed by atoms with Gasteiger partial charge in [0.25, 0.3) is 0 Å². The fraction of sp³-hybridized carbons (Fsp3) is 0.861. The first kappa shape index (κ1) is 33.6. The lowest BCUT2D eigenvalue weighted by molar-refractivity contribution is -0.296. The molecule has 6 aliphatic rings. The number of aliphatic hydroxyl groups excluding tert-OH is 6. The zero-order valence-electron chi connectivity index (χ0n) is 28.0. The summed E-state index contributed by atoms with van der Waals surface area (Å²) in [6.07, 6.45) is 1.73. The summed E-state index contributed by atoms with van der Waals surface area (Å²) in [6.45, 7) is 13.0. The second kappa shape index (κ2) is 11.1. The van der Waals surface area contributed by atoms with Crippen LogP contribution in [0, 0.1) is 44.8 Å². The highest BCUT2D eigenvalue weighted by Crippen LogP contribution is 2.75. The number of allylic oxidation sites excluding steroid dienone is 4. The molecule has 0 bridgehead atoms. The fourth-order valence-corrected chi connectivity index (χ4v) is 11.8. The molecule has 0 aromatic heterocycles. The highest BCUT2D eigenvalue weighted by molar-refractivity contribution is 5.80. The Morgan fingerprint density at radius 1 is 0.911 bits per heavy atom. The molecule has 0 aromatic carbocycles. The molecule has 6 N–H and O–H groups in total. The van der Waals surface area contributed by atoms with Gasteiger partial charge in [0.1, 0.15) is 24.4 Å². The lowest BCUT2D eigenvalue weighted by Gasteiger charge is -2.71. The van der Waals surface area contributed by atoms with Crippen LogP contribution in [0.4, 0.5) is 0 Å². The molecule has 45 heavy (non-hydrogen) atoms. The molecule has 1 heterocycles. The first-order valence-corrected chi connectivity index (χ1v) is 17.2. The van der Waals surface area contributed by atoms with Crippen molar-refractivity contribution in [2.24, 2.45) is 44.8 Å². The minimum atomic E-state index is -1.64. The van der Waals surface area contributed by atoms with Crippen LogP contribution in [0.3, 0.4) is 0 Å². The number of ether oxygens (including phenoxy) is 2. The lowest BCUT2D eigenvalue weighted by Crippen LogP contribution is -2.66. The van der Waals surface area contributed by atoms with Crippen LogP contribution in [0.15, 0.2) is 22.8 Å². The van der Waals surface area contributed by atoms with Gasteiger partial charge in [-0.1, -0.05) is 50.5 Å². The molecule has 14 atom stereocenters. The summed E-state index contributed by atoms with van der Waals surface area (Å²) in [4.78, 5) is 14.4. The molecule has 14 unspecified atom stereocenters. The molecule has 9 nitrogen and oxygen atoms in total.